The fraction of sp³-hybridized carbons (Fsp3) is 0.500. The van der Waals surface area contributed by atoms with Crippen LogP contribution >= 0.6 is 15.9 Å². The van der Waals surface area contributed by atoms with E-state index in [-0.39, 0.29) is 0 Å². The van der Waals surface area contributed by atoms with Gasteiger partial charge in [-0.05, 0) is 54.0 Å². The van der Waals surface area contributed by atoms with Gasteiger partial charge in [0.15, 0.2) is 0 Å². The summed E-state index contributed by atoms with van der Waals surface area (Å²) in [5.74, 6) is 1.58. The lowest BCUT2D eigenvalue weighted by Crippen LogP contribution is -2.18. The van der Waals surface area contributed by atoms with Crippen molar-refractivity contribution in [2.24, 2.45) is 5.92 Å². The number of ether oxygens (including phenoxy) is 1. The molecule has 1 aromatic carbocycles. The number of hydrogen-bond donors (Lipinski definition) is 1. The van der Waals surface area contributed by atoms with Crippen LogP contribution in [0.2, 0.25) is 0 Å². The molecule has 1 rings (SSSR count). The summed E-state index contributed by atoms with van der Waals surface area (Å²) in [7, 11) is 1.98. The van der Waals surface area contributed by atoms with E-state index in [0.29, 0.717) is 5.92 Å². The van der Waals surface area contributed by atoms with E-state index in [9.17, 15) is 0 Å². The fourth-order valence-corrected chi connectivity index (χ4v) is 1.78. The summed E-state index contributed by atoms with van der Waals surface area (Å²) < 4.78 is 6.70. The molecule has 0 amide bonds. The van der Waals surface area contributed by atoms with E-state index in [1.54, 1.807) is 0 Å². The molecule has 0 spiro atoms. The molecule has 3 heteroatoms. The van der Waals surface area contributed by atoms with Crippen LogP contribution in [0.15, 0.2) is 28.7 Å². The molecule has 0 bridgehead atoms. The maximum atomic E-state index is 5.68. The molecule has 0 radical (unpaired) electrons. The largest absolute Gasteiger partial charge is 0.492 e. The van der Waals surface area contributed by atoms with Crippen molar-refractivity contribution in [3.8, 4) is 5.75 Å². The van der Waals surface area contributed by atoms with Gasteiger partial charge in [-0.1, -0.05) is 19.1 Å². The van der Waals surface area contributed by atoms with Crippen molar-refractivity contribution in [1.29, 1.82) is 0 Å². The maximum absolute atomic E-state index is 5.68. The van der Waals surface area contributed by atoms with Gasteiger partial charge >= 0.3 is 0 Å². The molecule has 0 aromatic heterocycles. The normalized spacial score (nSPS) is 12.5. The highest BCUT2D eigenvalue weighted by molar-refractivity contribution is 9.10. The first-order valence-electron chi connectivity index (χ1n) is 5.26. The highest BCUT2D eigenvalue weighted by Gasteiger charge is 2.02. The van der Waals surface area contributed by atoms with Crippen molar-refractivity contribution in [2.45, 2.75) is 13.3 Å². The highest BCUT2D eigenvalue weighted by atomic mass is 79.9. The van der Waals surface area contributed by atoms with Gasteiger partial charge in [-0.3, -0.25) is 0 Å². The second kappa shape index (κ2) is 6.85. The molecule has 1 N–H and O–H groups in total. The Morgan fingerprint density at radius 3 is 2.80 bits per heavy atom. The quantitative estimate of drug-likeness (QED) is 0.859. The van der Waals surface area contributed by atoms with Crippen LogP contribution in [0.4, 0.5) is 0 Å². The van der Waals surface area contributed by atoms with Crippen LogP contribution in [0, 0.1) is 5.92 Å². The van der Waals surface area contributed by atoms with Gasteiger partial charge in [0.2, 0.25) is 0 Å². The first-order chi connectivity index (χ1) is 7.24. The van der Waals surface area contributed by atoms with Crippen LogP contribution in [0.1, 0.15) is 13.3 Å². The van der Waals surface area contributed by atoms with Gasteiger partial charge in [-0.25, -0.2) is 0 Å². The Hall–Kier alpha value is -0.540. The Morgan fingerprint density at radius 2 is 2.13 bits per heavy atom. The van der Waals surface area contributed by atoms with Crippen molar-refractivity contribution in [1.82, 2.24) is 5.32 Å². The third-order valence-corrected chi connectivity index (χ3v) is 2.91. The molecular formula is C12H18BrNO. The predicted octanol–water partition coefficient (Wildman–Crippen LogP) is 3.07. The average molecular weight is 272 g/mol. The van der Waals surface area contributed by atoms with Crippen LogP contribution in [-0.4, -0.2) is 20.2 Å². The Labute approximate surface area is 100 Å². The van der Waals surface area contributed by atoms with Crippen molar-refractivity contribution in [3.05, 3.63) is 28.7 Å². The lowest BCUT2D eigenvalue weighted by molar-refractivity contribution is 0.281. The SMILES string of the molecule is CNCC(C)CCOc1ccccc1Br. The minimum atomic E-state index is 0.650. The Balaban J connectivity index is 2.29. The fourth-order valence-electron chi connectivity index (χ4n) is 1.38. The zero-order valence-electron chi connectivity index (χ0n) is 9.29. The molecule has 1 aromatic rings. The lowest BCUT2D eigenvalue weighted by Gasteiger charge is -2.12. The summed E-state index contributed by atoms with van der Waals surface area (Å²) in [4.78, 5) is 0. The summed E-state index contributed by atoms with van der Waals surface area (Å²) in [6.07, 6.45) is 1.07. The molecule has 0 aliphatic carbocycles. The zero-order valence-corrected chi connectivity index (χ0v) is 10.9. The van der Waals surface area contributed by atoms with E-state index in [0.717, 1.165) is 29.8 Å². The maximum Gasteiger partial charge on any atom is 0.133 e. The third kappa shape index (κ3) is 4.67. The summed E-state index contributed by atoms with van der Waals surface area (Å²) in [5, 5.41) is 3.16. The number of halogens is 1. The minimum Gasteiger partial charge on any atom is -0.492 e. The lowest BCUT2D eigenvalue weighted by atomic mass is 10.1. The Bertz CT molecular complexity index is 291. The first kappa shape index (κ1) is 12.5. The second-order valence-electron chi connectivity index (χ2n) is 3.73. The molecule has 0 heterocycles. The minimum absolute atomic E-state index is 0.650. The second-order valence-corrected chi connectivity index (χ2v) is 4.58. The monoisotopic (exact) mass is 271 g/mol. The van der Waals surface area contributed by atoms with Gasteiger partial charge in [-0.2, -0.15) is 0 Å². The molecule has 84 valence electrons. The molecule has 0 saturated carbocycles. The van der Waals surface area contributed by atoms with E-state index >= 15 is 0 Å². The highest BCUT2D eigenvalue weighted by Crippen LogP contribution is 2.23. The van der Waals surface area contributed by atoms with Crippen LogP contribution in [0.25, 0.3) is 0 Å². The molecule has 1 unspecified atom stereocenters. The van der Waals surface area contributed by atoms with Crippen LogP contribution in [-0.2, 0) is 0 Å². The topological polar surface area (TPSA) is 21.3 Å². The smallest absolute Gasteiger partial charge is 0.133 e. The molecular weight excluding hydrogens is 254 g/mol. The molecule has 0 fully saturated rings. The summed E-state index contributed by atoms with van der Waals surface area (Å²) in [5.41, 5.74) is 0. The van der Waals surface area contributed by atoms with E-state index in [2.05, 4.69) is 28.2 Å². The van der Waals surface area contributed by atoms with Crippen molar-refractivity contribution in [2.75, 3.05) is 20.2 Å². The van der Waals surface area contributed by atoms with E-state index < -0.39 is 0 Å². The van der Waals surface area contributed by atoms with Crippen molar-refractivity contribution < 1.29 is 4.74 Å². The molecule has 15 heavy (non-hydrogen) atoms. The average Bonchev–Trinajstić information content (AvgIpc) is 2.21. The number of para-hydroxylation sites is 1. The van der Waals surface area contributed by atoms with Gasteiger partial charge in [0.25, 0.3) is 0 Å². The van der Waals surface area contributed by atoms with Gasteiger partial charge in [0.1, 0.15) is 5.75 Å². The van der Waals surface area contributed by atoms with Gasteiger partial charge in [0.05, 0.1) is 11.1 Å². The Morgan fingerprint density at radius 1 is 1.40 bits per heavy atom. The van der Waals surface area contributed by atoms with Crippen LogP contribution < -0.4 is 10.1 Å². The molecule has 0 saturated heterocycles. The van der Waals surface area contributed by atoms with Gasteiger partial charge in [-0.15, -0.1) is 0 Å². The van der Waals surface area contributed by atoms with Crippen LogP contribution in [0.5, 0.6) is 5.75 Å². The standard InChI is InChI=1S/C12H18BrNO/c1-10(9-14-2)7-8-15-12-6-4-3-5-11(12)13/h3-6,10,14H,7-9H2,1-2H3. The number of nitrogens with one attached hydrogen (secondary N) is 1. The van der Waals surface area contributed by atoms with Crippen molar-refractivity contribution >= 4 is 15.9 Å². The van der Waals surface area contributed by atoms with E-state index in [1.807, 2.05) is 31.3 Å². The van der Waals surface area contributed by atoms with E-state index in [1.165, 1.54) is 0 Å². The number of rotatable bonds is 6. The van der Waals surface area contributed by atoms with E-state index in [4.69, 9.17) is 4.74 Å². The summed E-state index contributed by atoms with van der Waals surface area (Å²) in [6.45, 7) is 4.03. The zero-order chi connectivity index (χ0) is 11.1. The number of benzene rings is 1. The number of hydrogen-bond acceptors (Lipinski definition) is 2. The molecule has 0 aliphatic heterocycles. The van der Waals surface area contributed by atoms with Gasteiger partial charge < -0.3 is 10.1 Å². The third-order valence-electron chi connectivity index (χ3n) is 2.26. The van der Waals surface area contributed by atoms with Gasteiger partial charge in [0, 0.05) is 0 Å². The predicted molar refractivity (Wildman–Crippen MR) is 67.3 cm³/mol. The summed E-state index contributed by atoms with van der Waals surface area (Å²) >= 11 is 3.46. The van der Waals surface area contributed by atoms with Crippen LogP contribution in [0.3, 0.4) is 0 Å². The Kier molecular flexibility index (Phi) is 5.73. The molecule has 1 atom stereocenters. The molecule has 2 nitrogen and oxygen atoms in total. The first-order valence-corrected chi connectivity index (χ1v) is 6.05. The summed E-state index contributed by atoms with van der Waals surface area (Å²) in [6, 6.07) is 7.94. The molecule has 0 aliphatic rings. The van der Waals surface area contributed by atoms with Crippen molar-refractivity contribution in [3.63, 3.8) is 0 Å².